The Morgan fingerprint density at radius 3 is 1.91 bits per heavy atom. The number of amides is 1. The Hall–Kier alpha value is -1.04. The maximum absolute atomic E-state index is 11.5. The standard InChI is InChI=1S/C17H31NO4S/c1-14(19)18-16(17(21)22-3)12-10-8-6-4-5-7-9-11-13-23-15(2)20/h16H,4-13H2,1-3H3,(H,18,19). The van der Waals surface area contributed by atoms with Crippen molar-refractivity contribution in [3.05, 3.63) is 0 Å². The number of nitrogens with one attached hydrogen (secondary N) is 1. The van der Waals surface area contributed by atoms with Gasteiger partial charge in [-0.05, 0) is 12.8 Å². The number of carbonyl (C=O) groups is 3. The first kappa shape index (κ1) is 22.0. The highest BCUT2D eigenvalue weighted by atomic mass is 32.2. The third kappa shape index (κ3) is 14.3. The number of hydrogen-bond donors (Lipinski definition) is 1. The average Bonchev–Trinajstić information content (AvgIpc) is 2.49. The summed E-state index contributed by atoms with van der Waals surface area (Å²) in [5, 5.41) is 2.83. The topological polar surface area (TPSA) is 72.5 Å². The van der Waals surface area contributed by atoms with E-state index in [1.54, 1.807) is 6.92 Å². The molecule has 0 aromatic heterocycles. The molecule has 5 nitrogen and oxygen atoms in total. The molecule has 0 saturated heterocycles. The zero-order chi connectivity index (χ0) is 17.5. The van der Waals surface area contributed by atoms with Crippen molar-refractivity contribution in [3.63, 3.8) is 0 Å². The summed E-state index contributed by atoms with van der Waals surface area (Å²) in [6.45, 7) is 3.02. The van der Waals surface area contributed by atoms with Gasteiger partial charge in [0.1, 0.15) is 6.04 Å². The molecule has 0 bridgehead atoms. The van der Waals surface area contributed by atoms with Gasteiger partial charge >= 0.3 is 5.97 Å². The fourth-order valence-electron chi connectivity index (χ4n) is 2.36. The van der Waals surface area contributed by atoms with Crippen LogP contribution < -0.4 is 5.32 Å². The second-order valence-corrected chi connectivity index (χ2v) is 7.01. The Labute approximate surface area is 144 Å². The van der Waals surface area contributed by atoms with Gasteiger partial charge in [0.25, 0.3) is 0 Å². The van der Waals surface area contributed by atoms with Crippen LogP contribution in [-0.4, -0.2) is 35.9 Å². The lowest BCUT2D eigenvalue weighted by Crippen LogP contribution is -2.40. The van der Waals surface area contributed by atoms with E-state index in [9.17, 15) is 14.4 Å². The molecule has 0 saturated carbocycles. The molecule has 0 radical (unpaired) electrons. The summed E-state index contributed by atoms with van der Waals surface area (Å²) in [6.07, 6.45) is 9.69. The number of methoxy groups -OCH3 is 1. The zero-order valence-corrected chi connectivity index (χ0v) is 15.5. The minimum absolute atomic E-state index is 0.203. The number of rotatable bonds is 13. The molecule has 23 heavy (non-hydrogen) atoms. The molecule has 0 aromatic carbocycles. The van der Waals surface area contributed by atoms with E-state index in [2.05, 4.69) is 5.32 Å². The van der Waals surface area contributed by atoms with Crippen LogP contribution >= 0.6 is 11.8 Å². The van der Waals surface area contributed by atoms with Gasteiger partial charge in [-0.2, -0.15) is 0 Å². The molecule has 0 heterocycles. The van der Waals surface area contributed by atoms with Crippen LogP contribution in [0.25, 0.3) is 0 Å². The van der Waals surface area contributed by atoms with E-state index in [-0.39, 0.29) is 17.0 Å². The van der Waals surface area contributed by atoms with E-state index in [1.165, 1.54) is 51.5 Å². The van der Waals surface area contributed by atoms with E-state index in [0.29, 0.717) is 6.42 Å². The van der Waals surface area contributed by atoms with E-state index in [0.717, 1.165) is 31.4 Å². The third-order valence-corrected chi connectivity index (χ3v) is 4.45. The molecule has 0 aliphatic heterocycles. The number of hydrogen-bond acceptors (Lipinski definition) is 5. The quantitative estimate of drug-likeness (QED) is 0.409. The van der Waals surface area contributed by atoms with Gasteiger partial charge in [-0.25, -0.2) is 4.79 Å². The molecular weight excluding hydrogens is 314 g/mol. The fourth-order valence-corrected chi connectivity index (χ4v) is 3.00. The largest absolute Gasteiger partial charge is 0.467 e. The first-order valence-corrected chi connectivity index (χ1v) is 9.44. The molecule has 0 rings (SSSR count). The minimum atomic E-state index is -0.517. The van der Waals surface area contributed by atoms with Gasteiger partial charge in [-0.15, -0.1) is 0 Å². The van der Waals surface area contributed by atoms with Crippen molar-refractivity contribution >= 4 is 28.8 Å². The summed E-state index contributed by atoms with van der Waals surface area (Å²) >= 11 is 1.41. The van der Waals surface area contributed by atoms with Crippen molar-refractivity contribution in [1.82, 2.24) is 5.32 Å². The van der Waals surface area contributed by atoms with E-state index < -0.39 is 6.04 Å². The van der Waals surface area contributed by atoms with Crippen LogP contribution in [0.15, 0.2) is 0 Å². The highest BCUT2D eigenvalue weighted by Crippen LogP contribution is 2.13. The molecule has 0 fully saturated rings. The Kier molecular flexibility index (Phi) is 13.9. The molecule has 6 heteroatoms. The molecule has 0 spiro atoms. The van der Waals surface area contributed by atoms with Crippen LogP contribution in [0.3, 0.4) is 0 Å². The summed E-state index contributed by atoms with van der Waals surface area (Å²) in [4.78, 5) is 33.3. The highest BCUT2D eigenvalue weighted by molar-refractivity contribution is 8.13. The lowest BCUT2D eigenvalue weighted by molar-refractivity contribution is -0.145. The number of carbonyl (C=O) groups excluding carboxylic acids is 3. The molecule has 134 valence electrons. The monoisotopic (exact) mass is 345 g/mol. The van der Waals surface area contributed by atoms with Crippen molar-refractivity contribution in [2.45, 2.75) is 77.7 Å². The van der Waals surface area contributed by atoms with E-state index in [4.69, 9.17) is 4.74 Å². The number of esters is 1. The predicted molar refractivity (Wildman–Crippen MR) is 94.3 cm³/mol. The van der Waals surface area contributed by atoms with Gasteiger partial charge in [-0.3, -0.25) is 9.59 Å². The van der Waals surface area contributed by atoms with Gasteiger partial charge in [-0.1, -0.05) is 56.7 Å². The first-order valence-electron chi connectivity index (χ1n) is 8.45. The van der Waals surface area contributed by atoms with Gasteiger partial charge in [0, 0.05) is 19.6 Å². The zero-order valence-electron chi connectivity index (χ0n) is 14.7. The number of unbranched alkanes of at least 4 members (excludes halogenated alkanes) is 7. The average molecular weight is 346 g/mol. The van der Waals surface area contributed by atoms with Gasteiger partial charge in [0.2, 0.25) is 5.91 Å². The molecule has 1 amide bonds. The van der Waals surface area contributed by atoms with Crippen LogP contribution in [0, 0.1) is 0 Å². The van der Waals surface area contributed by atoms with E-state index >= 15 is 0 Å². The smallest absolute Gasteiger partial charge is 0.328 e. The van der Waals surface area contributed by atoms with Gasteiger partial charge in [0.05, 0.1) is 7.11 Å². The van der Waals surface area contributed by atoms with Crippen molar-refractivity contribution in [2.75, 3.05) is 12.9 Å². The normalized spacial score (nSPS) is 11.8. The van der Waals surface area contributed by atoms with Crippen molar-refractivity contribution in [2.24, 2.45) is 0 Å². The molecule has 1 unspecified atom stereocenters. The lowest BCUT2D eigenvalue weighted by atomic mass is 10.0. The molecular formula is C17H31NO4S. The van der Waals surface area contributed by atoms with Crippen LogP contribution in [0.4, 0.5) is 0 Å². The summed E-state index contributed by atoms with van der Waals surface area (Å²) < 4.78 is 4.69. The van der Waals surface area contributed by atoms with Crippen LogP contribution in [-0.2, 0) is 19.1 Å². The maximum atomic E-state index is 11.5. The number of ether oxygens (including phenoxy) is 1. The second kappa shape index (κ2) is 14.5. The molecule has 0 aromatic rings. The van der Waals surface area contributed by atoms with Crippen LogP contribution in [0.2, 0.25) is 0 Å². The minimum Gasteiger partial charge on any atom is -0.467 e. The Bertz CT molecular complexity index is 361. The Morgan fingerprint density at radius 1 is 0.913 bits per heavy atom. The fraction of sp³-hybridized carbons (Fsp3) is 0.824. The lowest BCUT2D eigenvalue weighted by Gasteiger charge is -2.15. The molecule has 0 aliphatic rings. The van der Waals surface area contributed by atoms with Crippen LogP contribution in [0.5, 0.6) is 0 Å². The molecule has 0 aliphatic carbocycles. The Morgan fingerprint density at radius 2 is 1.43 bits per heavy atom. The molecule has 1 N–H and O–H groups in total. The van der Waals surface area contributed by atoms with Crippen molar-refractivity contribution < 1.29 is 19.1 Å². The summed E-state index contributed by atoms with van der Waals surface area (Å²) in [5.74, 6) is 0.361. The van der Waals surface area contributed by atoms with Gasteiger partial charge in [0.15, 0.2) is 5.12 Å². The van der Waals surface area contributed by atoms with Gasteiger partial charge < -0.3 is 10.1 Å². The Balaban J connectivity index is 3.50. The second-order valence-electron chi connectivity index (χ2n) is 5.73. The van der Waals surface area contributed by atoms with Crippen molar-refractivity contribution in [3.8, 4) is 0 Å². The van der Waals surface area contributed by atoms with Crippen molar-refractivity contribution in [1.29, 1.82) is 0 Å². The maximum Gasteiger partial charge on any atom is 0.328 e. The summed E-state index contributed by atoms with van der Waals surface area (Å²) in [5.41, 5.74) is 0. The summed E-state index contributed by atoms with van der Waals surface area (Å²) in [6, 6.07) is -0.517. The predicted octanol–water partition coefficient (Wildman–Crippen LogP) is 3.45. The highest BCUT2D eigenvalue weighted by Gasteiger charge is 2.19. The van der Waals surface area contributed by atoms with E-state index in [1.807, 2.05) is 0 Å². The van der Waals surface area contributed by atoms with Crippen LogP contribution in [0.1, 0.15) is 71.6 Å². The first-order chi connectivity index (χ1) is 11.0. The SMILES string of the molecule is COC(=O)C(CCCCCCCCCCSC(C)=O)NC(C)=O. The third-order valence-electron chi connectivity index (χ3n) is 3.56. The number of thioether (sulfide) groups is 1. The summed E-state index contributed by atoms with van der Waals surface area (Å²) in [7, 11) is 1.34. The molecule has 1 atom stereocenters.